The molecule has 6 nitrogen and oxygen atoms in total. The summed E-state index contributed by atoms with van der Waals surface area (Å²) in [6, 6.07) is 3.83. The van der Waals surface area contributed by atoms with Gasteiger partial charge < -0.3 is 0 Å². The molecule has 8 heteroatoms. The molecule has 2 rings (SSSR count). The molecule has 0 heterocycles. The van der Waals surface area contributed by atoms with Crippen LogP contribution in [0.2, 0.25) is 5.02 Å². The lowest BCUT2D eigenvalue weighted by Crippen LogP contribution is -2.41. The molecule has 1 N–H and O–H groups in total. The first-order chi connectivity index (χ1) is 10.7. The third-order valence-electron chi connectivity index (χ3n) is 3.95. The highest BCUT2D eigenvalue weighted by Gasteiger charge is 2.41. The van der Waals surface area contributed by atoms with Crippen molar-refractivity contribution in [3.8, 4) is 0 Å². The Morgan fingerprint density at radius 1 is 1.43 bits per heavy atom. The number of anilines is 1. The van der Waals surface area contributed by atoms with Crippen molar-refractivity contribution in [1.82, 2.24) is 0 Å². The molecule has 1 aliphatic carbocycles. The van der Waals surface area contributed by atoms with Gasteiger partial charge in [-0.25, -0.2) is 8.42 Å². The van der Waals surface area contributed by atoms with Gasteiger partial charge in [0.25, 0.3) is 5.69 Å². The average Bonchev–Trinajstić information content (AvgIpc) is 2.49. The Kier molecular flexibility index (Phi) is 4.81. The molecular weight excluding hydrogens is 340 g/mol. The van der Waals surface area contributed by atoms with Gasteiger partial charge in [0.15, 0.2) is 0 Å². The third-order valence-corrected chi connectivity index (χ3v) is 6.34. The average molecular weight is 357 g/mol. The van der Waals surface area contributed by atoms with E-state index < -0.39 is 19.7 Å². The summed E-state index contributed by atoms with van der Waals surface area (Å²) < 4.78 is 26.9. The smallest absolute Gasteiger partial charge is 0.276 e. The topological polar surface area (TPSA) is 89.3 Å². The standard InChI is InChI=1S/C15H17ClN2O4S/c1-3-15(8-6-11(2)7-9-15)23(21,22)17-13-5-4-12(16)10-14(13)18(19)20/h4-8,10,17H,3,9H2,1-2H3. The van der Waals surface area contributed by atoms with Crippen LogP contribution in [0.5, 0.6) is 0 Å². The second-order valence-corrected chi connectivity index (χ2v) is 7.89. The van der Waals surface area contributed by atoms with Crippen LogP contribution >= 0.6 is 11.6 Å². The fourth-order valence-electron chi connectivity index (χ4n) is 2.39. The van der Waals surface area contributed by atoms with Gasteiger partial charge in [0.2, 0.25) is 10.0 Å². The summed E-state index contributed by atoms with van der Waals surface area (Å²) >= 11 is 5.75. The van der Waals surface area contributed by atoms with Crippen LogP contribution < -0.4 is 4.72 Å². The number of hydrogen-bond acceptors (Lipinski definition) is 4. The van der Waals surface area contributed by atoms with E-state index in [2.05, 4.69) is 4.72 Å². The van der Waals surface area contributed by atoms with Crippen LogP contribution in [0.3, 0.4) is 0 Å². The third kappa shape index (κ3) is 3.40. The molecule has 1 atom stereocenters. The van der Waals surface area contributed by atoms with Crippen molar-refractivity contribution in [2.75, 3.05) is 4.72 Å². The Labute approximate surface area is 140 Å². The predicted octanol–water partition coefficient (Wildman–Crippen LogP) is 4.04. The molecule has 0 saturated heterocycles. The lowest BCUT2D eigenvalue weighted by molar-refractivity contribution is -0.383. The molecule has 0 radical (unpaired) electrons. The van der Waals surface area contributed by atoms with Crippen LogP contribution in [0.25, 0.3) is 0 Å². The van der Waals surface area contributed by atoms with Gasteiger partial charge in [-0.2, -0.15) is 0 Å². The summed E-state index contributed by atoms with van der Waals surface area (Å²) in [5.74, 6) is 0. The van der Waals surface area contributed by atoms with E-state index in [1.54, 1.807) is 19.1 Å². The number of nitrogens with one attached hydrogen (secondary N) is 1. The summed E-state index contributed by atoms with van der Waals surface area (Å²) in [6.07, 6.45) is 5.92. The number of allylic oxidation sites excluding steroid dienone is 3. The van der Waals surface area contributed by atoms with Crippen LogP contribution in [-0.2, 0) is 10.0 Å². The zero-order chi connectivity index (χ0) is 17.3. The maximum Gasteiger partial charge on any atom is 0.294 e. The van der Waals surface area contributed by atoms with E-state index in [-0.39, 0.29) is 16.4 Å². The van der Waals surface area contributed by atoms with Crippen molar-refractivity contribution in [2.45, 2.75) is 31.4 Å². The first kappa shape index (κ1) is 17.5. The van der Waals surface area contributed by atoms with E-state index in [0.29, 0.717) is 12.8 Å². The van der Waals surface area contributed by atoms with Crippen molar-refractivity contribution in [1.29, 1.82) is 0 Å². The SMILES string of the molecule is CCC1(S(=O)(=O)Nc2ccc(Cl)cc2[N+](=O)[O-])C=CC(C)=CC1. The number of nitro benzene ring substituents is 1. The van der Waals surface area contributed by atoms with E-state index in [0.717, 1.165) is 11.6 Å². The van der Waals surface area contributed by atoms with E-state index in [1.165, 1.54) is 12.1 Å². The fraction of sp³-hybridized carbons (Fsp3) is 0.333. The molecule has 0 amide bonds. The number of nitrogens with zero attached hydrogens (tertiary/aromatic N) is 1. The minimum atomic E-state index is -3.87. The van der Waals surface area contributed by atoms with Gasteiger partial charge in [0.1, 0.15) is 10.4 Å². The van der Waals surface area contributed by atoms with Crippen LogP contribution in [0.15, 0.2) is 42.0 Å². The Morgan fingerprint density at radius 2 is 2.13 bits per heavy atom. The number of halogens is 1. The Balaban J connectivity index is 2.43. The predicted molar refractivity (Wildman–Crippen MR) is 91.2 cm³/mol. The molecule has 0 fully saturated rings. The lowest BCUT2D eigenvalue weighted by Gasteiger charge is -2.30. The molecule has 1 aromatic rings. The van der Waals surface area contributed by atoms with Crippen LogP contribution in [0.4, 0.5) is 11.4 Å². The second-order valence-electron chi connectivity index (χ2n) is 5.43. The van der Waals surface area contributed by atoms with Gasteiger partial charge in [-0.05, 0) is 31.9 Å². The van der Waals surface area contributed by atoms with Gasteiger partial charge in [-0.3, -0.25) is 14.8 Å². The quantitative estimate of drug-likeness (QED) is 0.636. The van der Waals surface area contributed by atoms with E-state index >= 15 is 0 Å². The minimum absolute atomic E-state index is 0.0908. The van der Waals surface area contributed by atoms with Crippen molar-refractivity contribution >= 4 is 33.0 Å². The number of hydrogen-bond donors (Lipinski definition) is 1. The van der Waals surface area contributed by atoms with Crippen molar-refractivity contribution in [3.05, 3.63) is 57.1 Å². The number of nitro groups is 1. The van der Waals surface area contributed by atoms with Crippen molar-refractivity contribution in [3.63, 3.8) is 0 Å². The number of rotatable bonds is 5. The maximum atomic E-state index is 12.8. The second kappa shape index (κ2) is 6.33. The Bertz CT molecular complexity index is 802. The normalized spacial score (nSPS) is 20.9. The highest BCUT2D eigenvalue weighted by Crippen LogP contribution is 2.36. The lowest BCUT2D eigenvalue weighted by atomic mass is 9.94. The molecule has 124 valence electrons. The van der Waals surface area contributed by atoms with Crippen molar-refractivity contribution in [2.24, 2.45) is 0 Å². The Hall–Kier alpha value is -1.86. The first-order valence-electron chi connectivity index (χ1n) is 7.03. The molecule has 1 unspecified atom stereocenters. The van der Waals surface area contributed by atoms with Crippen LogP contribution in [-0.4, -0.2) is 18.1 Å². The maximum absolute atomic E-state index is 12.8. The zero-order valence-electron chi connectivity index (χ0n) is 12.7. The van der Waals surface area contributed by atoms with Gasteiger partial charge in [-0.1, -0.05) is 42.3 Å². The highest BCUT2D eigenvalue weighted by molar-refractivity contribution is 7.94. The summed E-state index contributed by atoms with van der Waals surface area (Å²) in [4.78, 5) is 10.5. The van der Waals surface area contributed by atoms with Gasteiger partial charge in [-0.15, -0.1) is 0 Å². The summed E-state index contributed by atoms with van der Waals surface area (Å²) in [5.41, 5.74) is 0.521. The van der Waals surface area contributed by atoms with Crippen LogP contribution in [0.1, 0.15) is 26.7 Å². The summed E-state index contributed by atoms with van der Waals surface area (Å²) in [7, 11) is -3.87. The molecule has 1 aromatic carbocycles. The van der Waals surface area contributed by atoms with Gasteiger partial charge >= 0.3 is 0 Å². The summed E-state index contributed by atoms with van der Waals surface area (Å²) in [5, 5.41) is 11.3. The number of sulfonamides is 1. The molecule has 0 bridgehead atoms. The van der Waals surface area contributed by atoms with E-state index in [9.17, 15) is 18.5 Å². The molecule has 0 saturated carbocycles. The molecule has 1 aliphatic rings. The molecule has 0 aromatic heterocycles. The van der Waals surface area contributed by atoms with Crippen molar-refractivity contribution < 1.29 is 13.3 Å². The Morgan fingerprint density at radius 3 is 2.65 bits per heavy atom. The molecule has 0 spiro atoms. The fourth-order valence-corrected chi connectivity index (χ4v) is 4.15. The molecule has 23 heavy (non-hydrogen) atoms. The van der Waals surface area contributed by atoms with Gasteiger partial charge in [0.05, 0.1) is 4.92 Å². The molecule has 0 aliphatic heterocycles. The zero-order valence-corrected chi connectivity index (χ0v) is 14.3. The molecular formula is C15H17ClN2O4S. The van der Waals surface area contributed by atoms with Crippen LogP contribution in [0, 0.1) is 10.1 Å². The van der Waals surface area contributed by atoms with Gasteiger partial charge in [0, 0.05) is 11.1 Å². The highest BCUT2D eigenvalue weighted by atomic mass is 35.5. The summed E-state index contributed by atoms with van der Waals surface area (Å²) in [6.45, 7) is 3.66. The van der Waals surface area contributed by atoms with E-state index in [1.807, 2.05) is 13.0 Å². The first-order valence-corrected chi connectivity index (χ1v) is 8.89. The minimum Gasteiger partial charge on any atom is -0.276 e. The monoisotopic (exact) mass is 356 g/mol. The number of benzene rings is 1. The largest absolute Gasteiger partial charge is 0.294 e. The van der Waals surface area contributed by atoms with E-state index in [4.69, 9.17) is 11.6 Å².